The van der Waals surface area contributed by atoms with E-state index in [0.717, 1.165) is 12.0 Å². The summed E-state index contributed by atoms with van der Waals surface area (Å²) in [6.07, 6.45) is 0.770. The molecule has 5 heteroatoms. The molecule has 0 aromatic heterocycles. The summed E-state index contributed by atoms with van der Waals surface area (Å²) in [5, 5.41) is 0. The molecule has 0 radical (unpaired) electrons. The lowest BCUT2D eigenvalue weighted by molar-refractivity contribution is 0.314. The summed E-state index contributed by atoms with van der Waals surface area (Å²) in [7, 11) is -3.17. The topological polar surface area (TPSA) is 63.4 Å². The molecule has 17 heavy (non-hydrogen) atoms. The average Bonchev–Trinajstić information content (AvgIpc) is 2.37. The van der Waals surface area contributed by atoms with Crippen LogP contribution >= 0.6 is 0 Å². The van der Waals surface area contributed by atoms with Crippen molar-refractivity contribution in [3.63, 3.8) is 0 Å². The van der Waals surface area contributed by atoms with Gasteiger partial charge in [0, 0.05) is 13.1 Å². The van der Waals surface area contributed by atoms with Crippen LogP contribution in [-0.2, 0) is 16.4 Å². The molecule has 1 unspecified atom stereocenters. The largest absolute Gasteiger partial charge is 0.329 e. The summed E-state index contributed by atoms with van der Waals surface area (Å²) < 4.78 is 25.6. The Labute approximate surface area is 102 Å². The number of sulfonamides is 1. The predicted octanol–water partition coefficient (Wildman–Crippen LogP) is 0.894. The van der Waals surface area contributed by atoms with Crippen LogP contribution in [0, 0.1) is 0 Å². The van der Waals surface area contributed by atoms with E-state index in [-0.39, 0.29) is 11.8 Å². The summed E-state index contributed by atoms with van der Waals surface area (Å²) in [5.74, 6) is 0.131. The first-order chi connectivity index (χ1) is 8.10. The Hall–Kier alpha value is -0.910. The third kappa shape index (κ3) is 2.22. The fourth-order valence-corrected chi connectivity index (χ4v) is 3.66. The van der Waals surface area contributed by atoms with Crippen molar-refractivity contribution in [2.45, 2.75) is 19.4 Å². The standard InChI is InChI=1S/C12H18N2O2S/c1-2-17(15,16)14-8-7-10-5-3-4-6-11(10)12(14)9-13/h3-6,12H,2,7-9,13H2,1H3. The SMILES string of the molecule is CCS(=O)(=O)N1CCc2ccccc2C1CN. The summed E-state index contributed by atoms with van der Waals surface area (Å²) in [6, 6.07) is 7.74. The molecule has 2 N–H and O–H groups in total. The van der Waals surface area contributed by atoms with Crippen LogP contribution in [0.2, 0.25) is 0 Å². The number of fused-ring (bicyclic) bond motifs is 1. The van der Waals surface area contributed by atoms with Crippen molar-refractivity contribution in [1.82, 2.24) is 4.31 Å². The molecule has 2 rings (SSSR count). The molecule has 1 aromatic carbocycles. The van der Waals surface area contributed by atoms with Crippen molar-refractivity contribution in [3.05, 3.63) is 35.4 Å². The van der Waals surface area contributed by atoms with Gasteiger partial charge in [0.25, 0.3) is 0 Å². The van der Waals surface area contributed by atoms with Crippen LogP contribution in [0.15, 0.2) is 24.3 Å². The van der Waals surface area contributed by atoms with Gasteiger partial charge in [0.15, 0.2) is 0 Å². The second kappa shape index (κ2) is 4.76. The third-order valence-electron chi connectivity index (χ3n) is 3.31. The maximum Gasteiger partial charge on any atom is 0.214 e. The highest BCUT2D eigenvalue weighted by Gasteiger charge is 2.33. The zero-order chi connectivity index (χ0) is 12.5. The third-order valence-corrected chi connectivity index (χ3v) is 5.19. The molecule has 4 nitrogen and oxygen atoms in total. The van der Waals surface area contributed by atoms with E-state index in [0.29, 0.717) is 13.1 Å². The molecular weight excluding hydrogens is 236 g/mol. The monoisotopic (exact) mass is 254 g/mol. The molecule has 1 aliphatic rings. The average molecular weight is 254 g/mol. The molecule has 1 aliphatic heterocycles. The van der Waals surface area contributed by atoms with Crippen molar-refractivity contribution in [2.75, 3.05) is 18.8 Å². The van der Waals surface area contributed by atoms with Crippen LogP contribution in [0.3, 0.4) is 0 Å². The highest BCUT2D eigenvalue weighted by molar-refractivity contribution is 7.89. The van der Waals surface area contributed by atoms with Crippen LogP contribution in [0.4, 0.5) is 0 Å². The van der Waals surface area contributed by atoms with E-state index < -0.39 is 10.0 Å². The molecule has 1 heterocycles. The normalized spacial score (nSPS) is 21.2. The number of hydrogen-bond donors (Lipinski definition) is 1. The highest BCUT2D eigenvalue weighted by Crippen LogP contribution is 2.30. The molecule has 0 saturated heterocycles. The summed E-state index contributed by atoms with van der Waals surface area (Å²) in [4.78, 5) is 0. The maximum absolute atomic E-state index is 12.0. The van der Waals surface area contributed by atoms with E-state index in [1.165, 1.54) is 5.56 Å². The van der Waals surface area contributed by atoms with E-state index >= 15 is 0 Å². The molecule has 1 aromatic rings. The number of nitrogens with zero attached hydrogens (tertiary/aromatic N) is 1. The van der Waals surface area contributed by atoms with E-state index in [4.69, 9.17) is 5.73 Å². The van der Waals surface area contributed by atoms with Crippen LogP contribution < -0.4 is 5.73 Å². The summed E-state index contributed by atoms with van der Waals surface area (Å²) in [6.45, 7) is 2.54. The Morgan fingerprint density at radius 1 is 1.41 bits per heavy atom. The molecular formula is C12H18N2O2S. The summed E-state index contributed by atoms with van der Waals surface area (Å²) >= 11 is 0. The van der Waals surface area contributed by atoms with Gasteiger partial charge in [-0.3, -0.25) is 0 Å². The zero-order valence-corrected chi connectivity index (χ0v) is 10.8. The van der Waals surface area contributed by atoms with Crippen LogP contribution in [0.25, 0.3) is 0 Å². The molecule has 0 bridgehead atoms. The zero-order valence-electron chi connectivity index (χ0n) is 9.96. The molecule has 0 fully saturated rings. The molecule has 0 saturated carbocycles. The lowest BCUT2D eigenvalue weighted by atomic mass is 9.94. The van der Waals surface area contributed by atoms with Crippen molar-refractivity contribution in [1.29, 1.82) is 0 Å². The Balaban J connectivity index is 2.43. The fourth-order valence-electron chi connectivity index (χ4n) is 2.37. The highest BCUT2D eigenvalue weighted by atomic mass is 32.2. The second-order valence-corrected chi connectivity index (χ2v) is 6.42. The lowest BCUT2D eigenvalue weighted by Crippen LogP contribution is -2.43. The van der Waals surface area contributed by atoms with Gasteiger partial charge in [-0.05, 0) is 24.5 Å². The molecule has 0 amide bonds. The Bertz CT molecular complexity index is 499. The van der Waals surface area contributed by atoms with E-state index in [2.05, 4.69) is 0 Å². The smallest absolute Gasteiger partial charge is 0.214 e. The number of nitrogens with two attached hydrogens (primary N) is 1. The second-order valence-electron chi connectivity index (χ2n) is 4.21. The fraction of sp³-hybridized carbons (Fsp3) is 0.500. The minimum atomic E-state index is -3.17. The summed E-state index contributed by atoms with van der Waals surface area (Å²) in [5.41, 5.74) is 8.02. The van der Waals surface area contributed by atoms with Crippen molar-refractivity contribution in [3.8, 4) is 0 Å². The lowest BCUT2D eigenvalue weighted by Gasteiger charge is -2.35. The van der Waals surface area contributed by atoms with Gasteiger partial charge in [-0.25, -0.2) is 8.42 Å². The van der Waals surface area contributed by atoms with Gasteiger partial charge in [0.1, 0.15) is 0 Å². The maximum atomic E-state index is 12.0. The Morgan fingerprint density at radius 3 is 2.76 bits per heavy atom. The van der Waals surface area contributed by atoms with Gasteiger partial charge in [0.2, 0.25) is 10.0 Å². The Kier molecular flexibility index (Phi) is 3.51. The predicted molar refractivity (Wildman–Crippen MR) is 68.1 cm³/mol. The van der Waals surface area contributed by atoms with E-state index in [1.807, 2.05) is 24.3 Å². The van der Waals surface area contributed by atoms with Gasteiger partial charge in [-0.2, -0.15) is 4.31 Å². The van der Waals surface area contributed by atoms with Crippen molar-refractivity contribution >= 4 is 10.0 Å². The van der Waals surface area contributed by atoms with Gasteiger partial charge < -0.3 is 5.73 Å². The van der Waals surface area contributed by atoms with E-state index in [1.54, 1.807) is 11.2 Å². The van der Waals surface area contributed by atoms with Gasteiger partial charge in [-0.15, -0.1) is 0 Å². The number of benzene rings is 1. The molecule has 0 spiro atoms. The van der Waals surface area contributed by atoms with Crippen LogP contribution in [0.5, 0.6) is 0 Å². The van der Waals surface area contributed by atoms with Gasteiger partial charge in [-0.1, -0.05) is 24.3 Å². The van der Waals surface area contributed by atoms with E-state index in [9.17, 15) is 8.42 Å². The molecule has 94 valence electrons. The molecule has 0 aliphatic carbocycles. The van der Waals surface area contributed by atoms with Gasteiger partial charge >= 0.3 is 0 Å². The molecule has 1 atom stereocenters. The first kappa shape index (κ1) is 12.5. The number of hydrogen-bond acceptors (Lipinski definition) is 3. The Morgan fingerprint density at radius 2 is 2.12 bits per heavy atom. The van der Waals surface area contributed by atoms with Gasteiger partial charge in [0.05, 0.1) is 11.8 Å². The minimum absolute atomic E-state index is 0.131. The first-order valence-corrected chi connectivity index (χ1v) is 7.48. The minimum Gasteiger partial charge on any atom is -0.329 e. The van der Waals surface area contributed by atoms with Crippen LogP contribution in [0.1, 0.15) is 24.1 Å². The first-order valence-electron chi connectivity index (χ1n) is 5.87. The number of rotatable bonds is 3. The van der Waals surface area contributed by atoms with Crippen LogP contribution in [-0.4, -0.2) is 31.6 Å². The quantitative estimate of drug-likeness (QED) is 0.871. The van der Waals surface area contributed by atoms with Crippen molar-refractivity contribution in [2.24, 2.45) is 5.73 Å². The van der Waals surface area contributed by atoms with Crippen molar-refractivity contribution < 1.29 is 8.42 Å².